The van der Waals surface area contributed by atoms with Crippen molar-refractivity contribution >= 4 is 5.91 Å². The molecule has 0 aromatic rings. The SMILES string of the molecule is CC(=O)N(CC1CCCCN1CCN)C(C)C. The molecule has 17 heavy (non-hydrogen) atoms. The maximum atomic E-state index is 11.6. The minimum Gasteiger partial charge on any atom is -0.339 e. The van der Waals surface area contributed by atoms with Crippen LogP contribution in [0.3, 0.4) is 0 Å². The van der Waals surface area contributed by atoms with Crippen LogP contribution < -0.4 is 5.73 Å². The first kappa shape index (κ1) is 14.5. The van der Waals surface area contributed by atoms with Crippen LogP contribution in [0.2, 0.25) is 0 Å². The highest BCUT2D eigenvalue weighted by molar-refractivity contribution is 5.73. The average molecular weight is 241 g/mol. The lowest BCUT2D eigenvalue weighted by Crippen LogP contribution is -2.50. The Bertz CT molecular complexity index is 241. The van der Waals surface area contributed by atoms with E-state index < -0.39 is 0 Å². The molecule has 1 saturated heterocycles. The van der Waals surface area contributed by atoms with Gasteiger partial charge in [-0.25, -0.2) is 0 Å². The van der Waals surface area contributed by atoms with E-state index in [4.69, 9.17) is 5.73 Å². The molecule has 0 radical (unpaired) electrons. The number of nitrogens with two attached hydrogens (primary N) is 1. The number of amides is 1. The first-order valence-corrected chi connectivity index (χ1v) is 6.77. The van der Waals surface area contributed by atoms with Crippen LogP contribution >= 0.6 is 0 Å². The molecule has 100 valence electrons. The molecule has 1 aliphatic heterocycles. The molecule has 0 aromatic heterocycles. The molecule has 1 heterocycles. The largest absolute Gasteiger partial charge is 0.339 e. The van der Waals surface area contributed by atoms with Crippen molar-refractivity contribution in [2.75, 3.05) is 26.2 Å². The van der Waals surface area contributed by atoms with E-state index in [0.717, 1.165) is 19.6 Å². The van der Waals surface area contributed by atoms with Crippen LogP contribution in [-0.2, 0) is 4.79 Å². The zero-order chi connectivity index (χ0) is 12.8. The van der Waals surface area contributed by atoms with E-state index in [1.165, 1.54) is 19.3 Å². The van der Waals surface area contributed by atoms with E-state index in [-0.39, 0.29) is 11.9 Å². The Balaban J connectivity index is 2.58. The zero-order valence-electron chi connectivity index (χ0n) is 11.5. The fourth-order valence-corrected chi connectivity index (χ4v) is 2.66. The molecule has 1 rings (SSSR count). The number of hydrogen-bond donors (Lipinski definition) is 1. The number of nitrogens with zero attached hydrogens (tertiary/aromatic N) is 2. The van der Waals surface area contributed by atoms with Crippen molar-refractivity contribution in [2.24, 2.45) is 5.73 Å². The highest BCUT2D eigenvalue weighted by Crippen LogP contribution is 2.18. The van der Waals surface area contributed by atoms with Crippen molar-refractivity contribution in [3.63, 3.8) is 0 Å². The molecule has 2 N–H and O–H groups in total. The monoisotopic (exact) mass is 241 g/mol. The Morgan fingerprint density at radius 1 is 1.47 bits per heavy atom. The molecule has 1 amide bonds. The van der Waals surface area contributed by atoms with Crippen molar-refractivity contribution < 1.29 is 4.79 Å². The van der Waals surface area contributed by atoms with Gasteiger partial charge in [0.2, 0.25) is 5.91 Å². The predicted molar refractivity (Wildman–Crippen MR) is 70.8 cm³/mol. The normalized spacial score (nSPS) is 21.8. The molecule has 0 saturated carbocycles. The summed E-state index contributed by atoms with van der Waals surface area (Å²) in [5, 5.41) is 0. The van der Waals surface area contributed by atoms with Gasteiger partial charge < -0.3 is 10.6 Å². The number of piperidine rings is 1. The molecule has 4 heteroatoms. The third-order valence-electron chi connectivity index (χ3n) is 3.60. The van der Waals surface area contributed by atoms with Gasteiger partial charge in [0.15, 0.2) is 0 Å². The standard InChI is InChI=1S/C13H27N3O/c1-11(2)16(12(3)17)10-13-6-4-5-8-15(13)9-7-14/h11,13H,4-10,14H2,1-3H3. The van der Waals surface area contributed by atoms with E-state index in [0.29, 0.717) is 12.6 Å². The van der Waals surface area contributed by atoms with Crippen molar-refractivity contribution in [1.82, 2.24) is 9.80 Å². The summed E-state index contributed by atoms with van der Waals surface area (Å²) in [5.41, 5.74) is 5.65. The summed E-state index contributed by atoms with van der Waals surface area (Å²) < 4.78 is 0. The van der Waals surface area contributed by atoms with Gasteiger partial charge in [0.05, 0.1) is 0 Å². The Morgan fingerprint density at radius 2 is 2.18 bits per heavy atom. The number of rotatable bonds is 5. The Kier molecular flexibility index (Phi) is 5.92. The lowest BCUT2D eigenvalue weighted by atomic mass is 10.0. The smallest absolute Gasteiger partial charge is 0.219 e. The van der Waals surface area contributed by atoms with E-state index in [9.17, 15) is 4.79 Å². The summed E-state index contributed by atoms with van der Waals surface area (Å²) in [5.74, 6) is 0.179. The minimum atomic E-state index is 0.179. The second-order valence-corrected chi connectivity index (χ2v) is 5.24. The van der Waals surface area contributed by atoms with Crippen molar-refractivity contribution in [3.05, 3.63) is 0 Å². The number of carbonyl (C=O) groups excluding carboxylic acids is 1. The lowest BCUT2D eigenvalue weighted by Gasteiger charge is -2.39. The Morgan fingerprint density at radius 3 is 2.71 bits per heavy atom. The average Bonchev–Trinajstić information content (AvgIpc) is 2.27. The van der Waals surface area contributed by atoms with Gasteiger partial charge in [-0.2, -0.15) is 0 Å². The summed E-state index contributed by atoms with van der Waals surface area (Å²) in [7, 11) is 0. The van der Waals surface area contributed by atoms with Crippen LogP contribution in [0.15, 0.2) is 0 Å². The third kappa shape index (κ3) is 4.28. The first-order valence-electron chi connectivity index (χ1n) is 6.77. The summed E-state index contributed by atoms with van der Waals surface area (Å²) in [6, 6.07) is 0.785. The molecule has 0 spiro atoms. The van der Waals surface area contributed by atoms with E-state index >= 15 is 0 Å². The molecular formula is C13H27N3O. The fraction of sp³-hybridized carbons (Fsp3) is 0.923. The molecule has 0 aliphatic carbocycles. The molecule has 1 atom stereocenters. The molecule has 1 aliphatic rings. The van der Waals surface area contributed by atoms with Gasteiger partial charge in [-0.05, 0) is 33.2 Å². The highest BCUT2D eigenvalue weighted by atomic mass is 16.2. The van der Waals surface area contributed by atoms with Gasteiger partial charge in [-0.15, -0.1) is 0 Å². The summed E-state index contributed by atoms with van der Waals surface area (Å²) in [6.45, 7) is 9.47. The Labute approximate surface area is 105 Å². The van der Waals surface area contributed by atoms with Gasteiger partial charge in [-0.3, -0.25) is 9.69 Å². The van der Waals surface area contributed by atoms with Crippen LogP contribution in [0.4, 0.5) is 0 Å². The number of hydrogen-bond acceptors (Lipinski definition) is 3. The summed E-state index contributed by atoms with van der Waals surface area (Å²) >= 11 is 0. The van der Waals surface area contributed by atoms with Crippen LogP contribution in [0.25, 0.3) is 0 Å². The minimum absolute atomic E-state index is 0.179. The molecule has 1 fully saturated rings. The van der Waals surface area contributed by atoms with E-state index in [1.54, 1.807) is 6.92 Å². The van der Waals surface area contributed by atoms with Gasteiger partial charge in [0.25, 0.3) is 0 Å². The molecule has 0 aromatic carbocycles. The molecule has 0 bridgehead atoms. The topological polar surface area (TPSA) is 49.6 Å². The first-order chi connectivity index (χ1) is 8.06. The molecule has 4 nitrogen and oxygen atoms in total. The zero-order valence-corrected chi connectivity index (χ0v) is 11.5. The predicted octanol–water partition coefficient (Wildman–Crippen LogP) is 1.06. The number of likely N-dealkylation sites (tertiary alicyclic amines) is 1. The second-order valence-electron chi connectivity index (χ2n) is 5.24. The highest BCUT2D eigenvalue weighted by Gasteiger charge is 2.25. The molecular weight excluding hydrogens is 214 g/mol. The van der Waals surface area contributed by atoms with Crippen LogP contribution in [0.1, 0.15) is 40.0 Å². The van der Waals surface area contributed by atoms with Crippen molar-refractivity contribution in [1.29, 1.82) is 0 Å². The van der Waals surface area contributed by atoms with Crippen LogP contribution in [-0.4, -0.2) is 54.0 Å². The number of carbonyl (C=O) groups is 1. The summed E-state index contributed by atoms with van der Waals surface area (Å²) in [6.07, 6.45) is 3.73. The van der Waals surface area contributed by atoms with Crippen LogP contribution in [0, 0.1) is 0 Å². The second kappa shape index (κ2) is 6.97. The van der Waals surface area contributed by atoms with Crippen molar-refractivity contribution in [3.8, 4) is 0 Å². The fourth-order valence-electron chi connectivity index (χ4n) is 2.66. The lowest BCUT2D eigenvalue weighted by molar-refractivity contribution is -0.131. The van der Waals surface area contributed by atoms with E-state index in [1.807, 2.05) is 4.90 Å². The van der Waals surface area contributed by atoms with Crippen molar-refractivity contribution in [2.45, 2.75) is 52.1 Å². The van der Waals surface area contributed by atoms with Gasteiger partial charge in [-0.1, -0.05) is 6.42 Å². The maximum Gasteiger partial charge on any atom is 0.219 e. The van der Waals surface area contributed by atoms with Gasteiger partial charge >= 0.3 is 0 Å². The third-order valence-corrected chi connectivity index (χ3v) is 3.60. The quantitative estimate of drug-likeness (QED) is 0.783. The summed E-state index contributed by atoms with van der Waals surface area (Å²) in [4.78, 5) is 16.0. The van der Waals surface area contributed by atoms with Gasteiger partial charge in [0, 0.05) is 38.6 Å². The maximum absolute atomic E-state index is 11.6. The van der Waals surface area contributed by atoms with Crippen LogP contribution in [0.5, 0.6) is 0 Å². The van der Waals surface area contributed by atoms with Gasteiger partial charge in [0.1, 0.15) is 0 Å². The Hall–Kier alpha value is -0.610. The van der Waals surface area contributed by atoms with E-state index in [2.05, 4.69) is 18.7 Å². The molecule has 1 unspecified atom stereocenters.